The number of nitrogens with zero attached hydrogens (tertiary/aromatic N) is 1. The quantitative estimate of drug-likeness (QED) is 0.785. The minimum absolute atomic E-state index is 0.0342. The van der Waals surface area contributed by atoms with Gasteiger partial charge in [-0.15, -0.1) is 0 Å². The molecule has 0 aromatic heterocycles. The molecule has 1 aliphatic rings. The fourth-order valence-electron chi connectivity index (χ4n) is 2.78. The minimum atomic E-state index is -0.323. The van der Waals surface area contributed by atoms with Gasteiger partial charge in [0.1, 0.15) is 12.4 Å². The van der Waals surface area contributed by atoms with Gasteiger partial charge in [-0.05, 0) is 48.4 Å². The van der Waals surface area contributed by atoms with Crippen molar-refractivity contribution < 1.29 is 19.1 Å². The molecule has 0 radical (unpaired) electrons. The number of anilines is 1. The average molecular weight is 378 g/mol. The van der Waals surface area contributed by atoms with Crippen LogP contribution in [0.3, 0.4) is 0 Å². The Morgan fingerprint density at radius 2 is 1.93 bits per heavy atom. The van der Waals surface area contributed by atoms with Crippen LogP contribution in [0.1, 0.15) is 17.5 Å². The number of methoxy groups -OCH3 is 1. The highest BCUT2D eigenvalue weighted by Gasteiger charge is 2.23. The molecule has 1 fully saturated rings. The Labute approximate surface area is 164 Å². The minimum Gasteiger partial charge on any atom is -0.497 e. The monoisotopic (exact) mass is 378 g/mol. The summed E-state index contributed by atoms with van der Waals surface area (Å²) in [5.41, 5.74) is 2.70. The van der Waals surface area contributed by atoms with E-state index < -0.39 is 0 Å². The van der Waals surface area contributed by atoms with Crippen molar-refractivity contribution in [2.24, 2.45) is 0 Å². The lowest BCUT2D eigenvalue weighted by Crippen LogP contribution is -2.23. The van der Waals surface area contributed by atoms with Crippen LogP contribution in [-0.2, 0) is 16.0 Å². The second-order valence-corrected chi connectivity index (χ2v) is 6.24. The molecule has 6 heteroatoms. The maximum absolute atomic E-state index is 11.9. The van der Waals surface area contributed by atoms with Crippen LogP contribution in [0.2, 0.25) is 0 Å². The van der Waals surface area contributed by atoms with Crippen LogP contribution in [0.25, 0.3) is 0 Å². The van der Waals surface area contributed by atoms with Gasteiger partial charge >= 0.3 is 6.09 Å². The van der Waals surface area contributed by atoms with E-state index in [1.807, 2.05) is 48.5 Å². The number of aryl methyl sites for hydroxylation is 1. The van der Waals surface area contributed by atoms with E-state index in [0.717, 1.165) is 22.6 Å². The summed E-state index contributed by atoms with van der Waals surface area (Å²) in [6, 6.07) is 15.1. The third-order valence-electron chi connectivity index (χ3n) is 4.35. The Bertz CT molecular complexity index is 879. The molecule has 0 aliphatic carbocycles. The number of carbonyl (C=O) groups is 2. The molecule has 6 nitrogen and oxygen atoms in total. The first kappa shape index (κ1) is 19.3. The summed E-state index contributed by atoms with van der Waals surface area (Å²) in [6.07, 6.45) is 0.759. The SMILES string of the molecule is COc1ccc(CCC(=O)NCC#Cc2ccc(N3CCOC3=O)cc2)cc1. The highest BCUT2D eigenvalue weighted by molar-refractivity contribution is 5.89. The molecule has 1 aliphatic heterocycles. The summed E-state index contributed by atoms with van der Waals surface area (Å²) < 4.78 is 10.0. The Morgan fingerprint density at radius 3 is 2.57 bits per heavy atom. The molecule has 1 N–H and O–H groups in total. The third kappa shape index (κ3) is 5.27. The van der Waals surface area contributed by atoms with Gasteiger partial charge in [-0.1, -0.05) is 24.0 Å². The number of rotatable bonds is 6. The maximum Gasteiger partial charge on any atom is 0.414 e. The van der Waals surface area contributed by atoms with Crippen LogP contribution in [0, 0.1) is 11.8 Å². The lowest BCUT2D eigenvalue weighted by Gasteiger charge is -2.11. The zero-order chi connectivity index (χ0) is 19.8. The molecule has 0 unspecified atom stereocenters. The lowest BCUT2D eigenvalue weighted by molar-refractivity contribution is -0.120. The van der Waals surface area contributed by atoms with Crippen molar-refractivity contribution in [1.82, 2.24) is 5.32 Å². The van der Waals surface area contributed by atoms with Crippen molar-refractivity contribution in [3.63, 3.8) is 0 Å². The molecule has 28 heavy (non-hydrogen) atoms. The van der Waals surface area contributed by atoms with Gasteiger partial charge < -0.3 is 14.8 Å². The smallest absolute Gasteiger partial charge is 0.414 e. The number of cyclic esters (lactones) is 1. The van der Waals surface area contributed by atoms with E-state index in [-0.39, 0.29) is 12.0 Å². The van der Waals surface area contributed by atoms with Gasteiger partial charge in [0.05, 0.1) is 20.2 Å². The van der Waals surface area contributed by atoms with Crippen LogP contribution in [0.15, 0.2) is 48.5 Å². The van der Waals surface area contributed by atoms with Crippen LogP contribution < -0.4 is 15.0 Å². The van der Waals surface area contributed by atoms with Crippen LogP contribution >= 0.6 is 0 Å². The van der Waals surface area contributed by atoms with Crippen molar-refractivity contribution in [1.29, 1.82) is 0 Å². The molecule has 2 aromatic rings. The summed E-state index contributed by atoms with van der Waals surface area (Å²) in [7, 11) is 1.63. The van der Waals surface area contributed by atoms with Gasteiger partial charge in [-0.3, -0.25) is 9.69 Å². The van der Waals surface area contributed by atoms with Crippen LogP contribution in [0.5, 0.6) is 5.75 Å². The van der Waals surface area contributed by atoms with E-state index in [1.54, 1.807) is 12.0 Å². The number of hydrogen-bond acceptors (Lipinski definition) is 4. The second kappa shape index (κ2) is 9.47. The summed E-state index contributed by atoms with van der Waals surface area (Å²) >= 11 is 0. The normalized spacial score (nSPS) is 12.8. The molecular weight excluding hydrogens is 356 g/mol. The molecule has 0 saturated carbocycles. The van der Waals surface area contributed by atoms with Gasteiger partial charge in [0.25, 0.3) is 0 Å². The first-order valence-corrected chi connectivity index (χ1v) is 9.08. The highest BCUT2D eigenvalue weighted by Crippen LogP contribution is 2.18. The maximum atomic E-state index is 11.9. The van der Waals surface area contributed by atoms with Crippen molar-refractivity contribution >= 4 is 17.7 Å². The summed E-state index contributed by atoms with van der Waals surface area (Å²) in [5, 5.41) is 2.80. The van der Waals surface area contributed by atoms with E-state index in [2.05, 4.69) is 17.2 Å². The van der Waals surface area contributed by atoms with Gasteiger partial charge in [-0.25, -0.2) is 4.79 Å². The van der Waals surface area contributed by atoms with Gasteiger partial charge in [0.2, 0.25) is 5.91 Å². The predicted molar refractivity (Wildman–Crippen MR) is 106 cm³/mol. The van der Waals surface area contributed by atoms with E-state index in [0.29, 0.717) is 32.5 Å². The van der Waals surface area contributed by atoms with Crippen molar-refractivity contribution in [3.05, 3.63) is 59.7 Å². The van der Waals surface area contributed by atoms with Gasteiger partial charge in [0, 0.05) is 17.7 Å². The molecule has 2 amide bonds. The first-order valence-electron chi connectivity index (χ1n) is 9.08. The summed E-state index contributed by atoms with van der Waals surface area (Å²) in [5.74, 6) is 6.71. The molecule has 0 spiro atoms. The molecule has 2 aromatic carbocycles. The number of benzene rings is 2. The van der Waals surface area contributed by atoms with Crippen molar-refractivity contribution in [3.8, 4) is 17.6 Å². The zero-order valence-electron chi connectivity index (χ0n) is 15.7. The number of amides is 2. The van der Waals surface area contributed by atoms with E-state index in [9.17, 15) is 9.59 Å². The highest BCUT2D eigenvalue weighted by atomic mass is 16.6. The van der Waals surface area contributed by atoms with Crippen LogP contribution in [-0.4, -0.2) is 38.8 Å². The predicted octanol–water partition coefficient (Wildman–Crippen LogP) is 2.75. The molecule has 0 bridgehead atoms. The standard InChI is InChI=1S/C22H22N2O4/c1-27-20-11-6-18(7-12-20)8-13-21(25)23-14-2-3-17-4-9-19(10-5-17)24-15-16-28-22(24)26/h4-7,9-12H,8,13-16H2,1H3,(H,23,25). The Kier molecular flexibility index (Phi) is 6.53. The summed E-state index contributed by atoms with van der Waals surface area (Å²) in [4.78, 5) is 25.0. The first-order chi connectivity index (χ1) is 13.7. The molecule has 3 rings (SSSR count). The summed E-state index contributed by atoms with van der Waals surface area (Å²) in [6.45, 7) is 1.27. The van der Waals surface area contributed by atoms with E-state index in [1.165, 1.54) is 0 Å². The number of nitrogens with one attached hydrogen (secondary N) is 1. The second-order valence-electron chi connectivity index (χ2n) is 6.24. The Hall–Kier alpha value is -3.46. The lowest BCUT2D eigenvalue weighted by atomic mass is 10.1. The van der Waals surface area contributed by atoms with Crippen molar-refractivity contribution in [2.45, 2.75) is 12.8 Å². The molecular formula is C22H22N2O4. The fraction of sp³-hybridized carbons (Fsp3) is 0.273. The fourth-order valence-corrected chi connectivity index (χ4v) is 2.78. The number of ether oxygens (including phenoxy) is 2. The van der Waals surface area contributed by atoms with E-state index >= 15 is 0 Å². The number of hydrogen-bond donors (Lipinski definition) is 1. The topological polar surface area (TPSA) is 67.9 Å². The zero-order valence-corrected chi connectivity index (χ0v) is 15.7. The van der Waals surface area contributed by atoms with Gasteiger partial charge in [-0.2, -0.15) is 0 Å². The van der Waals surface area contributed by atoms with E-state index in [4.69, 9.17) is 9.47 Å². The molecule has 1 saturated heterocycles. The Balaban J connectivity index is 1.41. The molecule has 144 valence electrons. The third-order valence-corrected chi connectivity index (χ3v) is 4.35. The van der Waals surface area contributed by atoms with Crippen molar-refractivity contribution in [2.75, 3.05) is 31.7 Å². The number of carbonyl (C=O) groups excluding carboxylic acids is 2. The average Bonchev–Trinajstić information content (AvgIpc) is 3.16. The van der Waals surface area contributed by atoms with Crippen LogP contribution in [0.4, 0.5) is 10.5 Å². The molecule has 1 heterocycles. The Morgan fingerprint density at radius 1 is 1.18 bits per heavy atom. The molecule has 0 atom stereocenters. The largest absolute Gasteiger partial charge is 0.497 e. The van der Waals surface area contributed by atoms with Gasteiger partial charge in [0.15, 0.2) is 0 Å².